The van der Waals surface area contributed by atoms with Crippen molar-refractivity contribution in [3.05, 3.63) is 52.9 Å². The Bertz CT molecular complexity index is 1020. The van der Waals surface area contributed by atoms with E-state index in [4.69, 9.17) is 0 Å². The van der Waals surface area contributed by atoms with Crippen molar-refractivity contribution in [3.63, 3.8) is 0 Å². The number of hydrogen-bond donors (Lipinski definition) is 1. The number of thiophene rings is 1. The molecule has 0 spiro atoms. The van der Waals surface area contributed by atoms with Crippen molar-refractivity contribution in [1.29, 1.82) is 0 Å². The predicted molar refractivity (Wildman–Crippen MR) is 110 cm³/mol. The molecular weight excluding hydrogens is 364 g/mol. The highest BCUT2D eigenvalue weighted by Gasteiger charge is 2.14. The van der Waals surface area contributed by atoms with E-state index in [0.717, 1.165) is 39.6 Å². The Kier molecular flexibility index (Phi) is 4.90. The molecule has 3 aromatic heterocycles. The van der Waals surface area contributed by atoms with Crippen LogP contribution < -0.4 is 10.2 Å². The topological polar surface area (TPSA) is 49.6 Å². The van der Waals surface area contributed by atoms with Gasteiger partial charge in [-0.25, -0.2) is 4.98 Å². The summed E-state index contributed by atoms with van der Waals surface area (Å²) in [5, 5.41) is 5.03. The minimum atomic E-state index is -0.00612. The third kappa shape index (κ3) is 3.45. The van der Waals surface area contributed by atoms with Gasteiger partial charge < -0.3 is 10.2 Å². The normalized spacial score (nSPS) is 11.3. The molecule has 134 valence electrons. The van der Waals surface area contributed by atoms with Crippen molar-refractivity contribution < 1.29 is 4.79 Å². The molecule has 0 saturated heterocycles. The van der Waals surface area contributed by atoms with E-state index < -0.39 is 0 Å². The number of benzene rings is 1. The number of nitrogens with one attached hydrogen (secondary N) is 1. The van der Waals surface area contributed by atoms with Crippen LogP contribution in [0.4, 0.5) is 5.69 Å². The molecular formula is C19H20N4OS2. The number of fused-ring (bicyclic) bond motifs is 3. The first-order valence-electron chi connectivity index (χ1n) is 8.62. The molecule has 4 rings (SSSR count). The first-order chi connectivity index (χ1) is 12.7. The van der Waals surface area contributed by atoms with Gasteiger partial charge in [0.1, 0.15) is 4.83 Å². The van der Waals surface area contributed by atoms with Crippen molar-refractivity contribution in [1.82, 2.24) is 14.7 Å². The molecule has 26 heavy (non-hydrogen) atoms. The van der Waals surface area contributed by atoms with E-state index in [9.17, 15) is 4.79 Å². The van der Waals surface area contributed by atoms with Crippen LogP contribution in [0.15, 0.2) is 48.0 Å². The van der Waals surface area contributed by atoms with Gasteiger partial charge in [0.25, 0.3) is 5.91 Å². The summed E-state index contributed by atoms with van der Waals surface area (Å²) in [6.07, 6.45) is 3.99. The van der Waals surface area contributed by atoms with Gasteiger partial charge >= 0.3 is 0 Å². The summed E-state index contributed by atoms with van der Waals surface area (Å²) in [7, 11) is 2.10. The Labute approximate surface area is 159 Å². The third-order valence-electron chi connectivity index (χ3n) is 4.37. The highest BCUT2D eigenvalue weighted by atomic mass is 32.1. The van der Waals surface area contributed by atoms with Gasteiger partial charge in [-0.05, 0) is 31.0 Å². The van der Waals surface area contributed by atoms with Crippen LogP contribution in [-0.4, -0.2) is 35.4 Å². The smallest absolute Gasteiger partial charge is 0.261 e. The Balaban J connectivity index is 1.25. The molecule has 1 amide bonds. The zero-order valence-corrected chi connectivity index (χ0v) is 16.1. The Morgan fingerprint density at radius 3 is 2.96 bits per heavy atom. The number of unbranched alkanes of at least 4 members (excludes halogenated alkanes) is 1. The van der Waals surface area contributed by atoms with E-state index in [1.165, 1.54) is 17.0 Å². The average molecular weight is 385 g/mol. The number of carbonyl (C=O) groups is 1. The number of para-hydroxylation sites is 1. The number of aromatic nitrogens is 2. The molecule has 0 aliphatic rings. The highest BCUT2D eigenvalue weighted by molar-refractivity contribution is 7.21. The minimum absolute atomic E-state index is 0.00612. The number of hydrogen-bond acceptors (Lipinski definition) is 5. The minimum Gasteiger partial charge on any atom is -0.375 e. The second-order valence-corrected chi connectivity index (χ2v) is 8.09. The molecule has 1 aromatic carbocycles. The van der Waals surface area contributed by atoms with Crippen LogP contribution in [-0.2, 0) is 0 Å². The van der Waals surface area contributed by atoms with E-state index in [0.29, 0.717) is 6.54 Å². The lowest BCUT2D eigenvalue weighted by Gasteiger charge is -2.19. The fourth-order valence-electron chi connectivity index (χ4n) is 2.93. The second-order valence-electron chi connectivity index (χ2n) is 6.19. The molecule has 3 heterocycles. The molecule has 4 aromatic rings. The Hall–Kier alpha value is -2.38. The average Bonchev–Trinajstić information content (AvgIpc) is 3.34. The van der Waals surface area contributed by atoms with Crippen LogP contribution >= 0.6 is 22.7 Å². The van der Waals surface area contributed by atoms with E-state index in [1.807, 2.05) is 40.2 Å². The zero-order valence-electron chi connectivity index (χ0n) is 14.5. The van der Waals surface area contributed by atoms with Crippen LogP contribution in [0.2, 0.25) is 0 Å². The maximum atomic E-state index is 12.4. The van der Waals surface area contributed by atoms with Crippen molar-refractivity contribution in [2.75, 3.05) is 25.0 Å². The number of carbonyl (C=O) groups excluding carboxylic acids is 1. The maximum absolute atomic E-state index is 12.4. The van der Waals surface area contributed by atoms with E-state index >= 15 is 0 Å². The summed E-state index contributed by atoms with van der Waals surface area (Å²) in [4.78, 5) is 21.8. The molecule has 1 N–H and O–H groups in total. The van der Waals surface area contributed by atoms with Gasteiger partial charge in [-0.1, -0.05) is 18.2 Å². The molecule has 0 fully saturated rings. The summed E-state index contributed by atoms with van der Waals surface area (Å²) in [6.45, 7) is 1.67. The molecule has 0 unspecified atom stereocenters. The van der Waals surface area contributed by atoms with Gasteiger partial charge in [0.2, 0.25) is 0 Å². The van der Waals surface area contributed by atoms with Crippen LogP contribution in [0.25, 0.3) is 15.3 Å². The molecule has 0 aliphatic heterocycles. The fourth-order valence-corrected chi connectivity index (χ4v) is 4.65. The van der Waals surface area contributed by atoms with Crippen LogP contribution in [0.1, 0.15) is 22.5 Å². The molecule has 0 bridgehead atoms. The molecule has 5 nitrogen and oxygen atoms in total. The monoisotopic (exact) mass is 384 g/mol. The maximum Gasteiger partial charge on any atom is 0.261 e. The molecule has 0 saturated carbocycles. The number of amides is 1. The Morgan fingerprint density at radius 1 is 1.27 bits per heavy atom. The van der Waals surface area contributed by atoms with Gasteiger partial charge in [0, 0.05) is 37.4 Å². The molecule has 0 atom stereocenters. The summed E-state index contributed by atoms with van der Waals surface area (Å²) < 4.78 is 2.03. The van der Waals surface area contributed by atoms with Crippen LogP contribution in [0.5, 0.6) is 0 Å². The quantitative estimate of drug-likeness (QED) is 0.485. The number of imidazole rings is 1. The van der Waals surface area contributed by atoms with Crippen molar-refractivity contribution in [3.8, 4) is 0 Å². The van der Waals surface area contributed by atoms with Crippen molar-refractivity contribution >= 4 is 49.6 Å². The zero-order chi connectivity index (χ0) is 17.9. The second kappa shape index (κ2) is 7.47. The van der Waals surface area contributed by atoms with E-state index in [1.54, 1.807) is 11.3 Å². The van der Waals surface area contributed by atoms with Gasteiger partial charge in [-0.2, -0.15) is 0 Å². The van der Waals surface area contributed by atoms with E-state index in [-0.39, 0.29) is 5.91 Å². The van der Waals surface area contributed by atoms with Gasteiger partial charge in [0.05, 0.1) is 10.4 Å². The summed E-state index contributed by atoms with van der Waals surface area (Å²) >= 11 is 3.06. The van der Waals surface area contributed by atoms with Crippen LogP contribution in [0, 0.1) is 0 Å². The van der Waals surface area contributed by atoms with Gasteiger partial charge in [-0.15, -0.1) is 22.7 Å². The summed E-state index contributed by atoms with van der Waals surface area (Å²) in [5.74, 6) is -0.00612. The molecule has 0 aliphatic carbocycles. The molecule has 7 heteroatoms. The van der Waals surface area contributed by atoms with E-state index in [2.05, 4.69) is 34.4 Å². The standard InChI is InChI=1S/C19H20N4OS2/c1-22(14-7-3-2-4-8-14)10-6-5-9-20-17(24)16-13-15-18(26-16)21-19-23(15)11-12-25-19/h2-4,7-8,11-13H,5-6,9-10H2,1H3,(H,20,24). The lowest BCUT2D eigenvalue weighted by molar-refractivity contribution is 0.0957. The lowest BCUT2D eigenvalue weighted by Crippen LogP contribution is -2.25. The van der Waals surface area contributed by atoms with Crippen molar-refractivity contribution in [2.24, 2.45) is 0 Å². The number of rotatable bonds is 7. The summed E-state index contributed by atoms with van der Waals surface area (Å²) in [6, 6.07) is 12.3. The largest absolute Gasteiger partial charge is 0.375 e. The lowest BCUT2D eigenvalue weighted by atomic mass is 10.2. The first-order valence-corrected chi connectivity index (χ1v) is 10.3. The van der Waals surface area contributed by atoms with Crippen molar-refractivity contribution in [2.45, 2.75) is 12.8 Å². The SMILES string of the molecule is CN(CCCCNC(=O)c1cc2c(nc3sccn32)s1)c1ccccc1. The summed E-state index contributed by atoms with van der Waals surface area (Å²) in [5.41, 5.74) is 2.24. The number of thiazole rings is 1. The highest BCUT2D eigenvalue weighted by Crippen LogP contribution is 2.28. The number of anilines is 1. The van der Waals surface area contributed by atoms with Gasteiger partial charge in [0.15, 0.2) is 4.96 Å². The third-order valence-corrected chi connectivity index (χ3v) is 6.14. The first kappa shape index (κ1) is 17.1. The molecule has 0 radical (unpaired) electrons. The Morgan fingerprint density at radius 2 is 2.12 bits per heavy atom. The van der Waals surface area contributed by atoms with Gasteiger partial charge in [-0.3, -0.25) is 9.20 Å². The number of nitrogens with zero attached hydrogens (tertiary/aromatic N) is 3. The predicted octanol–water partition coefficient (Wildman–Crippen LogP) is 4.26. The fraction of sp³-hybridized carbons (Fsp3) is 0.263. The van der Waals surface area contributed by atoms with Crippen LogP contribution in [0.3, 0.4) is 0 Å².